The zero-order valence-corrected chi connectivity index (χ0v) is 11.7. The SMILES string of the molecule is CCCC(CN)C(=O)Nc1ccc(C(F)(F)F)cc1Cl. The first kappa shape index (κ1) is 16.8. The monoisotopic (exact) mass is 308 g/mol. The molecule has 112 valence electrons. The zero-order valence-electron chi connectivity index (χ0n) is 10.9. The standard InChI is InChI=1S/C13H16ClF3N2O/c1-2-3-8(7-18)12(20)19-11-5-4-9(6-10(11)14)13(15,16)17/h4-6,8H,2-3,7,18H2,1H3,(H,19,20). The minimum atomic E-state index is -4.46. The Hall–Kier alpha value is -1.27. The molecule has 0 aromatic heterocycles. The van der Waals surface area contributed by atoms with E-state index in [-0.39, 0.29) is 29.1 Å². The summed E-state index contributed by atoms with van der Waals surface area (Å²) in [4.78, 5) is 11.9. The second-order valence-electron chi connectivity index (χ2n) is 4.40. The predicted octanol–water partition coefficient (Wildman–Crippen LogP) is 3.67. The van der Waals surface area contributed by atoms with Crippen LogP contribution < -0.4 is 11.1 Å². The lowest BCUT2D eigenvalue weighted by atomic mass is 10.0. The molecule has 1 rings (SSSR count). The Morgan fingerprint density at radius 3 is 2.55 bits per heavy atom. The van der Waals surface area contributed by atoms with E-state index in [9.17, 15) is 18.0 Å². The molecule has 1 atom stereocenters. The molecule has 1 unspecified atom stereocenters. The molecule has 1 aromatic carbocycles. The highest BCUT2D eigenvalue weighted by molar-refractivity contribution is 6.33. The number of rotatable bonds is 5. The van der Waals surface area contributed by atoms with Crippen LogP contribution >= 0.6 is 11.6 Å². The van der Waals surface area contributed by atoms with Crippen molar-refractivity contribution < 1.29 is 18.0 Å². The summed E-state index contributed by atoms with van der Waals surface area (Å²) in [5.41, 5.74) is 4.79. The van der Waals surface area contributed by atoms with Crippen LogP contribution in [-0.2, 0) is 11.0 Å². The van der Waals surface area contributed by atoms with Crippen molar-refractivity contribution in [1.29, 1.82) is 0 Å². The lowest BCUT2D eigenvalue weighted by Gasteiger charge is -2.15. The summed E-state index contributed by atoms with van der Waals surface area (Å²) >= 11 is 5.76. The molecular formula is C13H16ClF3N2O. The molecule has 0 heterocycles. The average Bonchev–Trinajstić information content (AvgIpc) is 2.36. The smallest absolute Gasteiger partial charge is 0.330 e. The molecule has 0 fully saturated rings. The van der Waals surface area contributed by atoms with Gasteiger partial charge in [-0.15, -0.1) is 0 Å². The second kappa shape index (κ2) is 6.95. The number of amides is 1. The molecule has 0 aliphatic carbocycles. The lowest BCUT2D eigenvalue weighted by Crippen LogP contribution is -2.29. The maximum Gasteiger partial charge on any atom is 0.416 e. The van der Waals surface area contributed by atoms with E-state index in [1.165, 1.54) is 0 Å². The maximum absolute atomic E-state index is 12.5. The third-order valence-corrected chi connectivity index (χ3v) is 3.16. The molecule has 0 bridgehead atoms. The summed E-state index contributed by atoms with van der Waals surface area (Å²) in [6, 6.07) is 2.80. The molecule has 1 aromatic rings. The van der Waals surface area contributed by atoms with Crippen molar-refractivity contribution in [2.75, 3.05) is 11.9 Å². The van der Waals surface area contributed by atoms with Gasteiger partial charge in [-0.1, -0.05) is 24.9 Å². The van der Waals surface area contributed by atoms with Crippen LogP contribution in [0.2, 0.25) is 5.02 Å². The van der Waals surface area contributed by atoms with Crippen LogP contribution in [0.3, 0.4) is 0 Å². The number of benzene rings is 1. The van der Waals surface area contributed by atoms with E-state index >= 15 is 0 Å². The van der Waals surface area contributed by atoms with Gasteiger partial charge in [-0.05, 0) is 24.6 Å². The average molecular weight is 309 g/mol. The van der Waals surface area contributed by atoms with Gasteiger partial charge in [0.25, 0.3) is 0 Å². The summed E-state index contributed by atoms with van der Waals surface area (Å²) in [7, 11) is 0. The minimum absolute atomic E-state index is 0.152. The van der Waals surface area contributed by atoms with Gasteiger partial charge in [-0.2, -0.15) is 13.2 Å². The third kappa shape index (κ3) is 4.38. The van der Waals surface area contributed by atoms with Crippen molar-refractivity contribution in [1.82, 2.24) is 0 Å². The first-order valence-electron chi connectivity index (χ1n) is 6.17. The summed E-state index contributed by atoms with van der Waals surface area (Å²) in [5, 5.41) is 2.35. The van der Waals surface area contributed by atoms with Gasteiger partial charge in [0.1, 0.15) is 0 Å². The Balaban J connectivity index is 2.86. The van der Waals surface area contributed by atoms with Crippen LogP contribution in [0.15, 0.2) is 18.2 Å². The fourth-order valence-corrected chi connectivity index (χ4v) is 1.96. The summed E-state index contributed by atoms with van der Waals surface area (Å²) < 4.78 is 37.4. The Labute approximate surface area is 120 Å². The van der Waals surface area contributed by atoms with Crippen molar-refractivity contribution in [3.05, 3.63) is 28.8 Å². The van der Waals surface area contributed by atoms with Gasteiger partial charge < -0.3 is 11.1 Å². The molecule has 0 aliphatic heterocycles. The molecule has 20 heavy (non-hydrogen) atoms. The largest absolute Gasteiger partial charge is 0.416 e. The molecule has 0 aliphatic rings. The van der Waals surface area contributed by atoms with Gasteiger partial charge in [0.2, 0.25) is 5.91 Å². The van der Waals surface area contributed by atoms with E-state index in [4.69, 9.17) is 17.3 Å². The van der Waals surface area contributed by atoms with Crippen molar-refractivity contribution in [2.24, 2.45) is 11.7 Å². The number of halogens is 4. The van der Waals surface area contributed by atoms with Crippen LogP contribution in [0, 0.1) is 5.92 Å². The number of nitrogens with two attached hydrogens (primary N) is 1. The highest BCUT2D eigenvalue weighted by Crippen LogP contribution is 2.33. The molecule has 3 nitrogen and oxygen atoms in total. The van der Waals surface area contributed by atoms with Crippen molar-refractivity contribution in [2.45, 2.75) is 25.9 Å². The van der Waals surface area contributed by atoms with E-state index in [0.29, 0.717) is 6.42 Å². The van der Waals surface area contributed by atoms with Gasteiger partial charge in [-0.25, -0.2) is 0 Å². The Morgan fingerprint density at radius 1 is 1.45 bits per heavy atom. The summed E-state index contributed by atoms with van der Waals surface area (Å²) in [5.74, 6) is -0.714. The quantitative estimate of drug-likeness (QED) is 0.872. The fourth-order valence-electron chi connectivity index (χ4n) is 1.73. The summed E-state index contributed by atoms with van der Waals surface area (Å²) in [6.45, 7) is 2.10. The van der Waals surface area contributed by atoms with Crippen LogP contribution in [0.1, 0.15) is 25.3 Å². The molecular weight excluding hydrogens is 293 g/mol. The fraction of sp³-hybridized carbons (Fsp3) is 0.462. The third-order valence-electron chi connectivity index (χ3n) is 2.85. The molecule has 0 radical (unpaired) electrons. The highest BCUT2D eigenvalue weighted by atomic mass is 35.5. The van der Waals surface area contributed by atoms with Gasteiger partial charge in [0.15, 0.2) is 0 Å². The second-order valence-corrected chi connectivity index (χ2v) is 4.81. The first-order chi connectivity index (χ1) is 9.29. The van der Waals surface area contributed by atoms with Crippen LogP contribution in [-0.4, -0.2) is 12.5 Å². The molecule has 0 spiro atoms. The van der Waals surface area contributed by atoms with Crippen molar-refractivity contribution in [3.63, 3.8) is 0 Å². The van der Waals surface area contributed by atoms with Crippen molar-refractivity contribution >= 4 is 23.2 Å². The number of carbonyl (C=O) groups is 1. The Morgan fingerprint density at radius 2 is 2.10 bits per heavy atom. The molecule has 3 N–H and O–H groups in total. The van der Waals surface area contributed by atoms with Crippen LogP contribution in [0.4, 0.5) is 18.9 Å². The van der Waals surface area contributed by atoms with E-state index in [1.807, 2.05) is 6.92 Å². The zero-order chi connectivity index (χ0) is 15.3. The van der Waals surface area contributed by atoms with E-state index in [1.54, 1.807) is 0 Å². The molecule has 0 saturated carbocycles. The topological polar surface area (TPSA) is 55.1 Å². The molecule has 0 saturated heterocycles. The van der Waals surface area contributed by atoms with Gasteiger partial charge in [0.05, 0.1) is 22.2 Å². The number of alkyl halides is 3. The van der Waals surface area contributed by atoms with Gasteiger partial charge in [-0.3, -0.25) is 4.79 Å². The number of carbonyl (C=O) groups excluding carboxylic acids is 1. The first-order valence-corrected chi connectivity index (χ1v) is 6.55. The lowest BCUT2D eigenvalue weighted by molar-refractivity contribution is -0.137. The van der Waals surface area contributed by atoms with Crippen LogP contribution in [0.25, 0.3) is 0 Å². The molecule has 1 amide bonds. The normalized spacial score (nSPS) is 13.1. The van der Waals surface area contributed by atoms with E-state index in [0.717, 1.165) is 24.6 Å². The van der Waals surface area contributed by atoms with Crippen LogP contribution in [0.5, 0.6) is 0 Å². The highest BCUT2D eigenvalue weighted by Gasteiger charge is 2.31. The Bertz CT molecular complexity index is 477. The van der Waals surface area contributed by atoms with Gasteiger partial charge in [0, 0.05) is 6.54 Å². The van der Waals surface area contributed by atoms with Crippen molar-refractivity contribution in [3.8, 4) is 0 Å². The maximum atomic E-state index is 12.5. The van der Waals surface area contributed by atoms with E-state index < -0.39 is 11.7 Å². The Kier molecular flexibility index (Phi) is 5.83. The predicted molar refractivity (Wildman–Crippen MR) is 72.5 cm³/mol. The molecule has 7 heteroatoms. The minimum Gasteiger partial charge on any atom is -0.330 e. The number of nitrogens with one attached hydrogen (secondary N) is 1. The number of anilines is 1. The van der Waals surface area contributed by atoms with E-state index in [2.05, 4.69) is 5.32 Å². The number of hydrogen-bond donors (Lipinski definition) is 2. The summed E-state index contributed by atoms with van der Waals surface area (Å²) in [6.07, 6.45) is -3.06. The van der Waals surface area contributed by atoms with Gasteiger partial charge >= 0.3 is 6.18 Å². The number of hydrogen-bond acceptors (Lipinski definition) is 2.